The summed E-state index contributed by atoms with van der Waals surface area (Å²) in [5.74, 6) is 0.595. The summed E-state index contributed by atoms with van der Waals surface area (Å²) in [6.07, 6.45) is 5.13. The van der Waals surface area contributed by atoms with E-state index in [4.69, 9.17) is 0 Å². The van der Waals surface area contributed by atoms with Crippen LogP contribution in [0.4, 0.5) is 8.78 Å². The zero-order chi connectivity index (χ0) is 13.0. The van der Waals surface area contributed by atoms with Crippen molar-refractivity contribution in [2.45, 2.75) is 39.2 Å². The Kier molecular flexibility index (Phi) is 4.70. The first-order chi connectivity index (χ1) is 8.65. The second kappa shape index (κ2) is 6.28. The summed E-state index contributed by atoms with van der Waals surface area (Å²) in [6.45, 7) is 3.72. The molecule has 0 bridgehead atoms. The van der Waals surface area contributed by atoms with E-state index in [0.29, 0.717) is 18.0 Å². The third-order valence-corrected chi connectivity index (χ3v) is 3.90. The minimum atomic E-state index is -0.516. The Morgan fingerprint density at radius 2 is 1.89 bits per heavy atom. The fourth-order valence-electron chi connectivity index (χ4n) is 2.61. The zero-order valence-corrected chi connectivity index (χ0v) is 10.9. The number of halogens is 2. The van der Waals surface area contributed by atoms with E-state index in [-0.39, 0.29) is 0 Å². The minimum absolute atomic E-state index is 0.459. The second-order valence-electron chi connectivity index (χ2n) is 5.49. The van der Waals surface area contributed by atoms with Gasteiger partial charge >= 0.3 is 0 Å². The molecular formula is C15H21F2N. The highest BCUT2D eigenvalue weighted by atomic mass is 19.1. The van der Waals surface area contributed by atoms with Crippen molar-refractivity contribution in [3.05, 3.63) is 35.4 Å². The molecule has 0 atom stereocenters. The number of hydrogen-bond acceptors (Lipinski definition) is 1. The van der Waals surface area contributed by atoms with Gasteiger partial charge in [-0.3, -0.25) is 0 Å². The van der Waals surface area contributed by atoms with E-state index in [2.05, 4.69) is 12.2 Å². The van der Waals surface area contributed by atoms with Crippen LogP contribution in [0.15, 0.2) is 18.2 Å². The molecule has 3 heteroatoms. The molecule has 1 aromatic rings. The monoisotopic (exact) mass is 253 g/mol. The topological polar surface area (TPSA) is 12.0 Å². The fraction of sp³-hybridized carbons (Fsp3) is 0.600. The first kappa shape index (κ1) is 13.5. The summed E-state index contributed by atoms with van der Waals surface area (Å²) in [5, 5.41) is 3.28. The first-order valence-corrected chi connectivity index (χ1v) is 6.80. The van der Waals surface area contributed by atoms with Crippen LogP contribution in [0, 0.1) is 23.5 Å². The lowest BCUT2D eigenvalue weighted by Crippen LogP contribution is -2.26. The van der Waals surface area contributed by atoms with Gasteiger partial charge in [0, 0.05) is 18.2 Å². The third-order valence-electron chi connectivity index (χ3n) is 3.90. The smallest absolute Gasteiger partial charge is 0.130 e. The van der Waals surface area contributed by atoms with Crippen molar-refractivity contribution in [1.82, 2.24) is 5.32 Å². The van der Waals surface area contributed by atoms with Gasteiger partial charge in [0.2, 0.25) is 0 Å². The van der Waals surface area contributed by atoms with Gasteiger partial charge in [0.25, 0.3) is 0 Å². The van der Waals surface area contributed by atoms with Crippen LogP contribution in [0.3, 0.4) is 0 Å². The predicted octanol–water partition coefficient (Wildman–Crippen LogP) is 3.88. The molecule has 100 valence electrons. The van der Waals surface area contributed by atoms with Gasteiger partial charge in [0.1, 0.15) is 11.6 Å². The molecule has 0 heterocycles. The number of rotatable bonds is 4. The van der Waals surface area contributed by atoms with Crippen molar-refractivity contribution in [2.75, 3.05) is 6.54 Å². The highest BCUT2D eigenvalue weighted by Gasteiger charge is 2.17. The molecule has 1 aliphatic rings. The van der Waals surface area contributed by atoms with Crippen LogP contribution in [-0.2, 0) is 6.54 Å². The Balaban J connectivity index is 1.75. The Bertz CT molecular complexity index is 384. The van der Waals surface area contributed by atoms with Crippen LogP contribution in [0.5, 0.6) is 0 Å². The standard InChI is InChI=1S/C15H21F2N/c1-11-2-4-12(5-3-11)9-18-10-13-6-7-14(16)8-15(13)17/h6-8,11-12,18H,2-5,9-10H2,1H3. The molecule has 18 heavy (non-hydrogen) atoms. The molecule has 1 fully saturated rings. The lowest BCUT2D eigenvalue weighted by atomic mass is 9.83. The van der Waals surface area contributed by atoms with E-state index < -0.39 is 11.6 Å². The molecule has 1 aliphatic carbocycles. The van der Waals surface area contributed by atoms with E-state index >= 15 is 0 Å². The largest absolute Gasteiger partial charge is 0.312 e. The lowest BCUT2D eigenvalue weighted by molar-refractivity contribution is 0.281. The van der Waals surface area contributed by atoms with Gasteiger partial charge in [-0.05, 0) is 37.3 Å². The summed E-state index contributed by atoms with van der Waals surface area (Å²) in [7, 11) is 0. The van der Waals surface area contributed by atoms with E-state index in [1.807, 2.05) is 0 Å². The van der Waals surface area contributed by atoms with E-state index in [9.17, 15) is 8.78 Å². The van der Waals surface area contributed by atoms with Crippen LogP contribution >= 0.6 is 0 Å². The molecule has 0 radical (unpaired) electrons. The van der Waals surface area contributed by atoms with Crippen LogP contribution in [-0.4, -0.2) is 6.54 Å². The molecular weight excluding hydrogens is 232 g/mol. The Labute approximate surface area is 108 Å². The van der Waals surface area contributed by atoms with Crippen LogP contribution in [0.25, 0.3) is 0 Å². The molecule has 1 N–H and O–H groups in total. The van der Waals surface area contributed by atoms with Crippen molar-refractivity contribution in [3.8, 4) is 0 Å². The molecule has 1 nitrogen and oxygen atoms in total. The molecule has 1 aromatic carbocycles. The minimum Gasteiger partial charge on any atom is -0.312 e. The highest BCUT2D eigenvalue weighted by Crippen LogP contribution is 2.27. The van der Waals surface area contributed by atoms with Gasteiger partial charge in [-0.1, -0.05) is 25.8 Å². The van der Waals surface area contributed by atoms with Crippen molar-refractivity contribution < 1.29 is 8.78 Å². The quantitative estimate of drug-likeness (QED) is 0.858. The molecule has 0 unspecified atom stereocenters. The summed E-state index contributed by atoms with van der Waals surface area (Å²) in [5.41, 5.74) is 0.542. The summed E-state index contributed by atoms with van der Waals surface area (Å²) < 4.78 is 26.1. The second-order valence-corrected chi connectivity index (χ2v) is 5.49. The predicted molar refractivity (Wildman–Crippen MR) is 69.2 cm³/mol. The van der Waals surface area contributed by atoms with Crippen LogP contribution in [0.2, 0.25) is 0 Å². The maximum Gasteiger partial charge on any atom is 0.130 e. The first-order valence-electron chi connectivity index (χ1n) is 6.80. The van der Waals surface area contributed by atoms with Gasteiger partial charge in [-0.2, -0.15) is 0 Å². The third kappa shape index (κ3) is 3.77. The van der Waals surface area contributed by atoms with Crippen LogP contribution < -0.4 is 5.32 Å². The molecule has 1 saturated carbocycles. The normalized spacial score (nSPS) is 24.2. The zero-order valence-electron chi connectivity index (χ0n) is 10.9. The molecule has 0 aliphatic heterocycles. The van der Waals surface area contributed by atoms with Gasteiger partial charge in [0.15, 0.2) is 0 Å². The number of nitrogens with one attached hydrogen (secondary N) is 1. The Morgan fingerprint density at radius 1 is 1.17 bits per heavy atom. The Morgan fingerprint density at radius 3 is 2.56 bits per heavy atom. The van der Waals surface area contributed by atoms with Crippen molar-refractivity contribution in [2.24, 2.45) is 11.8 Å². The van der Waals surface area contributed by atoms with Crippen LogP contribution in [0.1, 0.15) is 38.2 Å². The molecule has 0 spiro atoms. The fourth-order valence-corrected chi connectivity index (χ4v) is 2.61. The number of benzene rings is 1. The van der Waals surface area contributed by atoms with Gasteiger partial charge < -0.3 is 5.32 Å². The van der Waals surface area contributed by atoms with E-state index in [0.717, 1.165) is 18.5 Å². The van der Waals surface area contributed by atoms with Crippen molar-refractivity contribution >= 4 is 0 Å². The SMILES string of the molecule is CC1CCC(CNCc2ccc(F)cc2F)CC1. The Hall–Kier alpha value is -0.960. The molecule has 0 aromatic heterocycles. The maximum absolute atomic E-state index is 13.4. The van der Waals surface area contributed by atoms with E-state index in [1.165, 1.54) is 37.8 Å². The molecule has 0 saturated heterocycles. The average Bonchev–Trinajstić information content (AvgIpc) is 2.34. The molecule has 2 rings (SSSR count). The van der Waals surface area contributed by atoms with Gasteiger partial charge in [-0.15, -0.1) is 0 Å². The summed E-state index contributed by atoms with van der Waals surface area (Å²) in [4.78, 5) is 0. The van der Waals surface area contributed by atoms with Crippen molar-refractivity contribution in [1.29, 1.82) is 0 Å². The van der Waals surface area contributed by atoms with Gasteiger partial charge in [0.05, 0.1) is 0 Å². The van der Waals surface area contributed by atoms with Gasteiger partial charge in [-0.25, -0.2) is 8.78 Å². The molecule has 0 amide bonds. The number of hydrogen-bond donors (Lipinski definition) is 1. The summed E-state index contributed by atoms with van der Waals surface area (Å²) in [6, 6.07) is 3.77. The lowest BCUT2D eigenvalue weighted by Gasteiger charge is -2.26. The summed E-state index contributed by atoms with van der Waals surface area (Å²) >= 11 is 0. The van der Waals surface area contributed by atoms with E-state index in [1.54, 1.807) is 0 Å². The maximum atomic E-state index is 13.4. The van der Waals surface area contributed by atoms with Crippen molar-refractivity contribution in [3.63, 3.8) is 0 Å². The average molecular weight is 253 g/mol. The highest BCUT2D eigenvalue weighted by molar-refractivity contribution is 5.18.